The second-order valence-corrected chi connectivity index (χ2v) is 6.81. The number of hydrogen-bond acceptors (Lipinski definition) is 7. The maximum Gasteiger partial charge on any atom is 0.328 e. The van der Waals surface area contributed by atoms with Crippen LogP contribution >= 0.6 is 0 Å². The van der Waals surface area contributed by atoms with Gasteiger partial charge >= 0.3 is 5.97 Å². The molecule has 1 rings (SSSR count). The Morgan fingerprint density at radius 1 is 0.968 bits per heavy atom. The van der Waals surface area contributed by atoms with Crippen molar-refractivity contribution in [3.05, 3.63) is 35.9 Å². The van der Waals surface area contributed by atoms with Crippen molar-refractivity contribution in [1.82, 2.24) is 16.0 Å². The van der Waals surface area contributed by atoms with Crippen LogP contribution < -0.4 is 27.4 Å². The van der Waals surface area contributed by atoms with E-state index >= 15 is 0 Å². The van der Waals surface area contributed by atoms with E-state index < -0.39 is 66.8 Å². The van der Waals surface area contributed by atoms with Gasteiger partial charge in [0.2, 0.25) is 23.6 Å². The molecule has 0 fully saturated rings. The van der Waals surface area contributed by atoms with Gasteiger partial charge in [-0.25, -0.2) is 4.79 Å². The summed E-state index contributed by atoms with van der Waals surface area (Å²) in [5.41, 5.74) is 11.0. The molecule has 0 aliphatic heterocycles. The van der Waals surface area contributed by atoms with Crippen molar-refractivity contribution < 1.29 is 34.2 Å². The number of nitrogens with two attached hydrogens (primary N) is 2. The minimum Gasteiger partial charge on any atom is -0.480 e. The summed E-state index contributed by atoms with van der Waals surface area (Å²) < 4.78 is 0. The van der Waals surface area contributed by atoms with E-state index in [0.29, 0.717) is 5.56 Å². The number of aliphatic carboxylic acids is 1. The first-order chi connectivity index (χ1) is 14.5. The summed E-state index contributed by atoms with van der Waals surface area (Å²) in [6, 6.07) is 4.27. The first kappa shape index (κ1) is 25.5. The van der Waals surface area contributed by atoms with Crippen molar-refractivity contribution in [3.8, 4) is 0 Å². The number of benzene rings is 1. The molecule has 170 valence electrons. The maximum atomic E-state index is 12.7. The van der Waals surface area contributed by atoms with Crippen LogP contribution in [0.3, 0.4) is 0 Å². The summed E-state index contributed by atoms with van der Waals surface area (Å²) in [5, 5.41) is 25.6. The molecule has 0 bridgehead atoms. The van der Waals surface area contributed by atoms with Crippen molar-refractivity contribution in [1.29, 1.82) is 0 Å². The Bertz CT molecular complexity index is 800. The van der Waals surface area contributed by atoms with Gasteiger partial charge in [-0.3, -0.25) is 19.2 Å². The summed E-state index contributed by atoms with van der Waals surface area (Å²) in [7, 11) is 0. The van der Waals surface area contributed by atoms with Gasteiger partial charge in [0.25, 0.3) is 0 Å². The lowest BCUT2D eigenvalue weighted by Gasteiger charge is -2.25. The van der Waals surface area contributed by atoms with E-state index in [2.05, 4.69) is 16.0 Å². The van der Waals surface area contributed by atoms with Gasteiger partial charge in [-0.15, -0.1) is 0 Å². The van der Waals surface area contributed by atoms with Crippen LogP contribution in [0.1, 0.15) is 18.9 Å². The molecule has 0 saturated heterocycles. The lowest BCUT2D eigenvalue weighted by molar-refractivity contribution is -0.145. The molecular weight excluding hydrogens is 410 g/mol. The number of aliphatic hydroxyl groups is 1. The average Bonchev–Trinajstić information content (AvgIpc) is 2.70. The fraction of sp³-hybridized carbons (Fsp3) is 0.421. The van der Waals surface area contributed by atoms with E-state index in [4.69, 9.17) is 11.5 Å². The zero-order valence-corrected chi connectivity index (χ0v) is 16.9. The number of amides is 4. The highest BCUT2D eigenvalue weighted by atomic mass is 16.4. The predicted molar refractivity (Wildman–Crippen MR) is 108 cm³/mol. The van der Waals surface area contributed by atoms with Crippen molar-refractivity contribution in [2.75, 3.05) is 6.54 Å². The molecule has 31 heavy (non-hydrogen) atoms. The number of carboxylic acids is 1. The van der Waals surface area contributed by atoms with E-state index in [1.165, 1.54) is 6.92 Å². The lowest BCUT2D eigenvalue weighted by atomic mass is 10.0. The quantitative estimate of drug-likeness (QED) is 0.178. The number of carbonyl (C=O) groups is 5. The van der Waals surface area contributed by atoms with Crippen molar-refractivity contribution in [2.45, 2.75) is 44.0 Å². The molecule has 9 N–H and O–H groups in total. The van der Waals surface area contributed by atoms with Gasteiger partial charge in [0.15, 0.2) is 6.04 Å². The fourth-order valence-corrected chi connectivity index (χ4v) is 2.64. The molecule has 4 atom stereocenters. The first-order valence-electron chi connectivity index (χ1n) is 9.38. The third-order valence-electron chi connectivity index (χ3n) is 4.20. The van der Waals surface area contributed by atoms with Crippen LogP contribution in [0.25, 0.3) is 0 Å². The van der Waals surface area contributed by atoms with E-state index in [9.17, 15) is 34.2 Å². The molecule has 0 aliphatic rings. The fourth-order valence-electron chi connectivity index (χ4n) is 2.64. The first-order valence-corrected chi connectivity index (χ1v) is 9.38. The van der Waals surface area contributed by atoms with E-state index in [1.807, 2.05) is 0 Å². The van der Waals surface area contributed by atoms with Crippen LogP contribution in [0.4, 0.5) is 0 Å². The highest BCUT2D eigenvalue weighted by molar-refractivity contribution is 5.95. The molecule has 12 heteroatoms. The third kappa shape index (κ3) is 8.80. The van der Waals surface area contributed by atoms with Crippen LogP contribution in [0.5, 0.6) is 0 Å². The second kappa shape index (κ2) is 12.2. The molecule has 12 nitrogen and oxygen atoms in total. The summed E-state index contributed by atoms with van der Waals surface area (Å²) in [6.45, 7) is 0.750. The topological polar surface area (TPSA) is 214 Å². The van der Waals surface area contributed by atoms with Crippen LogP contribution in [0, 0.1) is 0 Å². The number of aliphatic hydroxyl groups excluding tert-OH is 1. The average molecular weight is 437 g/mol. The van der Waals surface area contributed by atoms with Gasteiger partial charge < -0.3 is 37.6 Å². The Morgan fingerprint density at radius 3 is 2.03 bits per heavy atom. The number of nitrogens with one attached hydrogen (secondary N) is 3. The maximum absolute atomic E-state index is 12.7. The van der Waals surface area contributed by atoms with Crippen molar-refractivity contribution in [2.24, 2.45) is 11.5 Å². The molecule has 1 aromatic carbocycles. The molecule has 0 saturated carbocycles. The van der Waals surface area contributed by atoms with Crippen LogP contribution in [0.2, 0.25) is 0 Å². The van der Waals surface area contributed by atoms with Gasteiger partial charge in [-0.1, -0.05) is 30.3 Å². The van der Waals surface area contributed by atoms with Crippen LogP contribution in [-0.2, 0) is 30.4 Å². The molecule has 0 aliphatic carbocycles. The van der Waals surface area contributed by atoms with Gasteiger partial charge in [0, 0.05) is 6.42 Å². The number of carboxylic acid groups (broad SMARTS) is 1. The highest BCUT2D eigenvalue weighted by Gasteiger charge is 2.31. The Balaban J connectivity index is 3.09. The smallest absolute Gasteiger partial charge is 0.328 e. The Labute approximate surface area is 178 Å². The zero-order chi connectivity index (χ0) is 23.6. The van der Waals surface area contributed by atoms with E-state index in [0.717, 1.165) is 0 Å². The summed E-state index contributed by atoms with van der Waals surface area (Å²) in [6.07, 6.45) is -1.97. The zero-order valence-electron chi connectivity index (χ0n) is 16.9. The summed E-state index contributed by atoms with van der Waals surface area (Å²) >= 11 is 0. The van der Waals surface area contributed by atoms with E-state index in [-0.39, 0.29) is 6.42 Å². The molecule has 4 amide bonds. The normalized spacial score (nSPS) is 14.4. The van der Waals surface area contributed by atoms with Gasteiger partial charge in [-0.2, -0.15) is 0 Å². The molecule has 0 heterocycles. The standard InChI is InChI=1S/C19H27N5O7/c1-10(25)16(19(30)31)24-18(29)12(7-11-5-3-2-4-6-11)23-17(28)13(8-14(21)26)22-15(27)9-20/h2-6,10,12-13,16,25H,7-9,20H2,1H3,(H2,21,26)(H,22,27)(H,23,28)(H,24,29)(H,30,31). The Hall–Kier alpha value is -3.51. The second-order valence-electron chi connectivity index (χ2n) is 6.81. The largest absolute Gasteiger partial charge is 0.480 e. The molecule has 0 aromatic heterocycles. The van der Waals surface area contributed by atoms with Gasteiger partial charge in [-0.05, 0) is 12.5 Å². The number of carbonyl (C=O) groups excluding carboxylic acids is 4. The van der Waals surface area contributed by atoms with Gasteiger partial charge in [0.05, 0.1) is 19.1 Å². The van der Waals surface area contributed by atoms with Crippen molar-refractivity contribution >= 4 is 29.6 Å². The highest BCUT2D eigenvalue weighted by Crippen LogP contribution is 2.06. The van der Waals surface area contributed by atoms with Crippen LogP contribution in [-0.4, -0.2) is 70.6 Å². The molecule has 4 unspecified atom stereocenters. The van der Waals surface area contributed by atoms with Crippen molar-refractivity contribution in [3.63, 3.8) is 0 Å². The number of primary amides is 1. The minimum atomic E-state index is -1.61. The monoisotopic (exact) mass is 437 g/mol. The van der Waals surface area contributed by atoms with Crippen LogP contribution in [0.15, 0.2) is 30.3 Å². The lowest BCUT2D eigenvalue weighted by Crippen LogP contribution is -2.58. The Morgan fingerprint density at radius 2 is 1.55 bits per heavy atom. The molecule has 1 aromatic rings. The Kier molecular flexibility index (Phi) is 10.1. The number of rotatable bonds is 12. The molecule has 0 radical (unpaired) electrons. The summed E-state index contributed by atoms with van der Waals surface area (Å²) in [5.74, 6) is -4.82. The molecule has 0 spiro atoms. The van der Waals surface area contributed by atoms with Gasteiger partial charge in [0.1, 0.15) is 12.1 Å². The van der Waals surface area contributed by atoms with E-state index in [1.54, 1.807) is 30.3 Å². The predicted octanol–water partition coefficient (Wildman–Crippen LogP) is -3.02. The summed E-state index contributed by atoms with van der Waals surface area (Å²) in [4.78, 5) is 59.5. The minimum absolute atomic E-state index is 0.0291. The SMILES string of the molecule is CC(O)C(NC(=O)C(Cc1ccccc1)NC(=O)C(CC(N)=O)NC(=O)CN)C(=O)O. The number of hydrogen-bond donors (Lipinski definition) is 7. The third-order valence-corrected chi connectivity index (χ3v) is 4.20. The molecular formula is C19H27N5O7.